The van der Waals surface area contributed by atoms with Crippen molar-refractivity contribution in [3.63, 3.8) is 0 Å². The number of urea groups is 1. The van der Waals surface area contributed by atoms with Crippen molar-refractivity contribution in [2.45, 2.75) is 19.4 Å². The summed E-state index contributed by atoms with van der Waals surface area (Å²) in [5.74, 6) is -0.282. The maximum atomic E-state index is 12.8. The molecule has 0 aromatic heterocycles. The molecule has 2 amide bonds. The van der Waals surface area contributed by atoms with E-state index in [1.54, 1.807) is 17.0 Å². The lowest BCUT2D eigenvalue weighted by molar-refractivity contribution is 0.139. The monoisotopic (exact) mass is 343 g/mol. The number of nitrogens with one attached hydrogen (secondary N) is 1. The van der Waals surface area contributed by atoms with Gasteiger partial charge in [0.05, 0.1) is 6.26 Å². The summed E-state index contributed by atoms with van der Waals surface area (Å²) in [5.41, 5.74) is 0.946. The maximum absolute atomic E-state index is 12.8. The number of carbonyl (C=O) groups is 1. The standard InChI is InChI=1S/C15H22FN3O3S/c1-12-11-18(23(2,21)22)9-10-19(12)15(20)17-8-7-13-3-5-14(16)6-4-13/h3-6,12H,7-11H2,1-2H3,(H,17,20). The number of sulfonamides is 1. The van der Waals surface area contributed by atoms with Crippen molar-refractivity contribution in [1.29, 1.82) is 0 Å². The number of benzene rings is 1. The van der Waals surface area contributed by atoms with Crippen LogP contribution in [0.25, 0.3) is 0 Å². The molecule has 1 N–H and O–H groups in total. The molecule has 1 aliphatic rings. The van der Waals surface area contributed by atoms with Gasteiger partial charge in [-0.15, -0.1) is 0 Å². The van der Waals surface area contributed by atoms with Crippen LogP contribution in [0.15, 0.2) is 24.3 Å². The van der Waals surface area contributed by atoms with Crippen molar-refractivity contribution in [3.8, 4) is 0 Å². The SMILES string of the molecule is CC1CN(S(C)(=O)=O)CCN1C(=O)NCCc1ccc(F)cc1. The van der Waals surface area contributed by atoms with Crippen molar-refractivity contribution < 1.29 is 17.6 Å². The third-order valence-corrected chi connectivity index (χ3v) is 5.19. The third kappa shape index (κ3) is 4.90. The van der Waals surface area contributed by atoms with Crippen LogP contribution in [0.5, 0.6) is 0 Å². The Morgan fingerprint density at radius 3 is 2.52 bits per heavy atom. The molecule has 2 rings (SSSR count). The fourth-order valence-electron chi connectivity index (χ4n) is 2.59. The second-order valence-electron chi connectivity index (χ2n) is 5.77. The van der Waals surface area contributed by atoms with Gasteiger partial charge in [-0.3, -0.25) is 0 Å². The summed E-state index contributed by atoms with van der Waals surface area (Å²) >= 11 is 0. The topological polar surface area (TPSA) is 69.7 Å². The first-order valence-corrected chi connectivity index (χ1v) is 9.36. The van der Waals surface area contributed by atoms with Crippen LogP contribution in [0.2, 0.25) is 0 Å². The number of hydrogen-bond donors (Lipinski definition) is 1. The van der Waals surface area contributed by atoms with Crippen molar-refractivity contribution in [2.75, 3.05) is 32.4 Å². The van der Waals surface area contributed by atoms with Gasteiger partial charge in [-0.2, -0.15) is 4.31 Å². The van der Waals surface area contributed by atoms with E-state index in [4.69, 9.17) is 0 Å². The minimum atomic E-state index is -3.22. The molecule has 1 aromatic rings. The van der Waals surface area contributed by atoms with Crippen LogP contribution in [0.4, 0.5) is 9.18 Å². The second-order valence-corrected chi connectivity index (χ2v) is 7.75. The first-order chi connectivity index (χ1) is 10.8. The van der Waals surface area contributed by atoms with Crippen LogP contribution < -0.4 is 5.32 Å². The highest BCUT2D eigenvalue weighted by atomic mass is 32.2. The second kappa shape index (κ2) is 7.27. The predicted molar refractivity (Wildman–Crippen MR) is 86.1 cm³/mol. The Labute approximate surface area is 136 Å². The number of nitrogens with zero attached hydrogens (tertiary/aromatic N) is 2. The zero-order chi connectivity index (χ0) is 17.0. The van der Waals surface area contributed by atoms with E-state index in [1.165, 1.54) is 22.7 Å². The first kappa shape index (κ1) is 17.7. The quantitative estimate of drug-likeness (QED) is 0.888. The molecule has 8 heteroatoms. The van der Waals surface area contributed by atoms with Crippen molar-refractivity contribution in [3.05, 3.63) is 35.6 Å². The number of hydrogen-bond acceptors (Lipinski definition) is 3. The molecule has 1 saturated heterocycles. The summed E-state index contributed by atoms with van der Waals surface area (Å²) in [5, 5.41) is 2.82. The molecule has 0 spiro atoms. The van der Waals surface area contributed by atoms with Crippen LogP contribution in [-0.4, -0.2) is 62.1 Å². The van der Waals surface area contributed by atoms with Crippen molar-refractivity contribution in [1.82, 2.24) is 14.5 Å². The number of halogens is 1. The Morgan fingerprint density at radius 1 is 1.30 bits per heavy atom. The molecule has 1 unspecified atom stereocenters. The van der Waals surface area contributed by atoms with Gasteiger partial charge in [0, 0.05) is 32.2 Å². The highest BCUT2D eigenvalue weighted by molar-refractivity contribution is 7.88. The van der Waals surface area contributed by atoms with Gasteiger partial charge < -0.3 is 10.2 Å². The zero-order valence-electron chi connectivity index (χ0n) is 13.3. The number of carbonyl (C=O) groups excluding carboxylic acids is 1. The van der Waals surface area contributed by atoms with Gasteiger partial charge in [-0.05, 0) is 31.0 Å². The van der Waals surface area contributed by atoms with Crippen molar-refractivity contribution in [2.24, 2.45) is 0 Å². The normalized spacial score (nSPS) is 19.6. The van der Waals surface area contributed by atoms with Crippen LogP contribution in [-0.2, 0) is 16.4 Å². The minimum Gasteiger partial charge on any atom is -0.338 e. The molecule has 1 aromatic carbocycles. The summed E-state index contributed by atoms with van der Waals surface area (Å²) in [6.45, 7) is 3.27. The highest BCUT2D eigenvalue weighted by Crippen LogP contribution is 2.12. The Balaban J connectivity index is 1.81. The summed E-state index contributed by atoms with van der Waals surface area (Å²) in [7, 11) is -3.22. The first-order valence-electron chi connectivity index (χ1n) is 7.51. The molecule has 1 fully saturated rings. The summed E-state index contributed by atoms with van der Waals surface area (Å²) in [6, 6.07) is 5.79. The van der Waals surface area contributed by atoms with E-state index in [0.29, 0.717) is 32.6 Å². The van der Waals surface area contributed by atoms with E-state index in [9.17, 15) is 17.6 Å². The average Bonchev–Trinajstić information content (AvgIpc) is 2.48. The fourth-order valence-corrected chi connectivity index (χ4v) is 3.49. The van der Waals surface area contributed by atoms with Crippen molar-refractivity contribution >= 4 is 16.1 Å². The third-order valence-electron chi connectivity index (χ3n) is 3.92. The Bertz CT molecular complexity index is 648. The van der Waals surface area contributed by atoms with Gasteiger partial charge in [0.25, 0.3) is 0 Å². The maximum Gasteiger partial charge on any atom is 0.317 e. The Kier molecular flexibility index (Phi) is 5.59. The zero-order valence-corrected chi connectivity index (χ0v) is 14.1. The van der Waals surface area contributed by atoms with Gasteiger partial charge >= 0.3 is 6.03 Å². The predicted octanol–water partition coefficient (Wildman–Crippen LogP) is 1.04. The van der Waals surface area contributed by atoms with Gasteiger partial charge in [-0.1, -0.05) is 12.1 Å². The van der Waals surface area contributed by atoms with Gasteiger partial charge in [0.15, 0.2) is 0 Å². The van der Waals surface area contributed by atoms with Gasteiger partial charge in [-0.25, -0.2) is 17.6 Å². The number of amides is 2. The van der Waals surface area contributed by atoms with Crippen LogP contribution in [0, 0.1) is 5.82 Å². The molecule has 0 aliphatic carbocycles. The molecule has 1 heterocycles. The van der Waals surface area contributed by atoms with E-state index in [2.05, 4.69) is 5.32 Å². The van der Waals surface area contributed by atoms with Gasteiger partial charge in [0.1, 0.15) is 5.82 Å². The van der Waals surface area contributed by atoms with E-state index in [-0.39, 0.29) is 17.9 Å². The minimum absolute atomic E-state index is 0.177. The van der Waals surface area contributed by atoms with E-state index < -0.39 is 10.0 Å². The Hall–Kier alpha value is -1.67. The van der Waals surface area contributed by atoms with E-state index in [0.717, 1.165) is 5.56 Å². The lowest BCUT2D eigenvalue weighted by Gasteiger charge is -2.38. The fraction of sp³-hybridized carbons (Fsp3) is 0.533. The van der Waals surface area contributed by atoms with E-state index in [1.807, 2.05) is 6.92 Å². The molecule has 6 nitrogen and oxygen atoms in total. The largest absolute Gasteiger partial charge is 0.338 e. The lowest BCUT2D eigenvalue weighted by Crippen LogP contribution is -2.57. The molecule has 0 saturated carbocycles. The van der Waals surface area contributed by atoms with Crippen LogP contribution in [0.1, 0.15) is 12.5 Å². The van der Waals surface area contributed by atoms with Crippen LogP contribution in [0.3, 0.4) is 0 Å². The molecule has 128 valence electrons. The molecule has 0 radical (unpaired) electrons. The summed E-state index contributed by atoms with van der Waals surface area (Å²) in [4.78, 5) is 13.8. The molecule has 0 bridgehead atoms. The molecular weight excluding hydrogens is 321 g/mol. The molecular formula is C15H22FN3O3S. The number of piperazine rings is 1. The number of rotatable bonds is 4. The summed E-state index contributed by atoms with van der Waals surface area (Å²) < 4.78 is 37.3. The lowest BCUT2D eigenvalue weighted by atomic mass is 10.1. The highest BCUT2D eigenvalue weighted by Gasteiger charge is 2.31. The smallest absolute Gasteiger partial charge is 0.317 e. The molecule has 23 heavy (non-hydrogen) atoms. The average molecular weight is 343 g/mol. The van der Waals surface area contributed by atoms with Crippen LogP contribution >= 0.6 is 0 Å². The van der Waals surface area contributed by atoms with E-state index >= 15 is 0 Å². The molecule has 1 atom stereocenters. The molecule has 1 aliphatic heterocycles. The summed E-state index contributed by atoms with van der Waals surface area (Å²) in [6.07, 6.45) is 1.79. The van der Waals surface area contributed by atoms with Gasteiger partial charge in [0.2, 0.25) is 10.0 Å². The Morgan fingerprint density at radius 2 is 1.96 bits per heavy atom.